The summed E-state index contributed by atoms with van der Waals surface area (Å²) in [6, 6.07) is 2.11. The first kappa shape index (κ1) is 12.4. The molecule has 0 radical (unpaired) electrons. The highest BCUT2D eigenvalue weighted by Gasteiger charge is 2.23. The highest BCUT2D eigenvalue weighted by molar-refractivity contribution is 7.12. The fraction of sp³-hybridized carbons (Fsp3) is 0.583. The van der Waals surface area contributed by atoms with Crippen molar-refractivity contribution in [2.24, 2.45) is 0 Å². The fourth-order valence-corrected chi connectivity index (χ4v) is 2.88. The smallest absolute Gasteiger partial charge is 0.264 e. The molecule has 94 valence electrons. The van der Waals surface area contributed by atoms with Gasteiger partial charge < -0.3 is 15.0 Å². The van der Waals surface area contributed by atoms with Gasteiger partial charge in [-0.25, -0.2) is 0 Å². The molecule has 0 aliphatic carbocycles. The van der Waals surface area contributed by atoms with Crippen molar-refractivity contribution in [3.05, 3.63) is 16.3 Å². The van der Waals surface area contributed by atoms with Crippen molar-refractivity contribution in [3.63, 3.8) is 0 Å². The third kappa shape index (κ3) is 2.79. The molecule has 2 heterocycles. The van der Waals surface area contributed by atoms with Crippen LogP contribution in [0.15, 0.2) is 11.4 Å². The van der Waals surface area contributed by atoms with E-state index in [1.165, 1.54) is 11.3 Å². The number of ether oxygens (including phenoxy) is 1. The monoisotopic (exact) mass is 254 g/mol. The minimum Gasteiger partial charge on any atom is -0.496 e. The number of piperidine rings is 1. The maximum absolute atomic E-state index is 12.2. The second-order valence-electron chi connectivity index (χ2n) is 4.27. The number of methoxy groups -OCH3 is 1. The largest absolute Gasteiger partial charge is 0.496 e. The average Bonchev–Trinajstić information content (AvgIpc) is 2.87. The van der Waals surface area contributed by atoms with E-state index in [2.05, 4.69) is 5.32 Å². The second kappa shape index (κ2) is 5.51. The molecule has 1 amide bonds. The van der Waals surface area contributed by atoms with Gasteiger partial charge in [-0.2, -0.15) is 0 Å². The van der Waals surface area contributed by atoms with Crippen molar-refractivity contribution in [1.82, 2.24) is 10.2 Å². The van der Waals surface area contributed by atoms with Crippen LogP contribution in [0.4, 0.5) is 0 Å². The van der Waals surface area contributed by atoms with Crippen LogP contribution >= 0.6 is 11.3 Å². The van der Waals surface area contributed by atoms with Crippen molar-refractivity contribution in [3.8, 4) is 5.75 Å². The lowest BCUT2D eigenvalue weighted by molar-refractivity contribution is 0.0713. The summed E-state index contributed by atoms with van der Waals surface area (Å²) in [7, 11) is 3.50. The van der Waals surface area contributed by atoms with Crippen LogP contribution < -0.4 is 10.1 Å². The van der Waals surface area contributed by atoms with Gasteiger partial charge in [-0.05, 0) is 19.4 Å². The molecule has 17 heavy (non-hydrogen) atoms. The van der Waals surface area contributed by atoms with Gasteiger partial charge in [0.2, 0.25) is 0 Å². The number of thiophene rings is 1. The molecular formula is C12H18N2O2S. The first-order chi connectivity index (χ1) is 8.22. The normalized spacial score (nSPS) is 20.0. The minimum absolute atomic E-state index is 0.0898. The van der Waals surface area contributed by atoms with Gasteiger partial charge in [-0.1, -0.05) is 0 Å². The summed E-state index contributed by atoms with van der Waals surface area (Å²) < 4.78 is 5.10. The Labute approximate surface area is 106 Å². The third-order valence-corrected chi connectivity index (χ3v) is 4.06. The molecule has 1 aromatic rings. The van der Waals surface area contributed by atoms with Gasteiger partial charge in [0.15, 0.2) is 0 Å². The van der Waals surface area contributed by atoms with E-state index in [1.54, 1.807) is 13.2 Å². The van der Waals surface area contributed by atoms with Crippen LogP contribution in [0, 0.1) is 0 Å². The molecule has 1 saturated heterocycles. The molecule has 1 atom stereocenters. The van der Waals surface area contributed by atoms with Crippen molar-refractivity contribution in [2.75, 3.05) is 27.2 Å². The summed E-state index contributed by atoms with van der Waals surface area (Å²) in [6.45, 7) is 1.95. The van der Waals surface area contributed by atoms with Gasteiger partial charge in [-0.3, -0.25) is 4.79 Å². The van der Waals surface area contributed by atoms with Crippen LogP contribution in [-0.2, 0) is 0 Å². The van der Waals surface area contributed by atoms with Crippen molar-refractivity contribution < 1.29 is 9.53 Å². The molecule has 1 fully saturated rings. The second-order valence-corrected chi connectivity index (χ2v) is 5.18. The third-order valence-electron chi connectivity index (χ3n) is 3.16. The van der Waals surface area contributed by atoms with Crippen LogP contribution in [-0.4, -0.2) is 44.1 Å². The van der Waals surface area contributed by atoms with Crippen molar-refractivity contribution >= 4 is 17.2 Å². The molecule has 1 aliphatic heterocycles. The van der Waals surface area contributed by atoms with E-state index in [4.69, 9.17) is 4.74 Å². The first-order valence-electron chi connectivity index (χ1n) is 5.82. The average molecular weight is 254 g/mol. The van der Waals surface area contributed by atoms with E-state index in [9.17, 15) is 4.79 Å². The van der Waals surface area contributed by atoms with E-state index >= 15 is 0 Å². The molecule has 5 heteroatoms. The van der Waals surface area contributed by atoms with E-state index in [1.807, 2.05) is 17.3 Å². The maximum Gasteiger partial charge on any atom is 0.264 e. The Morgan fingerprint density at radius 3 is 3.06 bits per heavy atom. The molecule has 0 bridgehead atoms. The van der Waals surface area contributed by atoms with Crippen LogP contribution in [0.5, 0.6) is 5.75 Å². The number of nitrogens with one attached hydrogen (secondary N) is 1. The van der Waals surface area contributed by atoms with Crippen molar-refractivity contribution in [2.45, 2.75) is 18.9 Å². The Morgan fingerprint density at radius 2 is 2.47 bits per heavy atom. The Bertz CT molecular complexity index is 386. The predicted octanol–water partition coefficient (Wildman–Crippen LogP) is 1.58. The number of carbonyl (C=O) groups is 1. The lowest BCUT2D eigenvalue weighted by atomic mass is 10.1. The Hall–Kier alpha value is -1.07. The lowest BCUT2D eigenvalue weighted by Crippen LogP contribution is -2.46. The van der Waals surface area contributed by atoms with E-state index in [0.29, 0.717) is 6.04 Å². The summed E-state index contributed by atoms with van der Waals surface area (Å²) in [5, 5.41) is 5.18. The van der Waals surface area contributed by atoms with Gasteiger partial charge in [-0.15, -0.1) is 11.3 Å². The molecule has 4 nitrogen and oxygen atoms in total. The van der Waals surface area contributed by atoms with Gasteiger partial charge >= 0.3 is 0 Å². The number of carbonyl (C=O) groups excluding carboxylic acids is 1. The predicted molar refractivity (Wildman–Crippen MR) is 68.9 cm³/mol. The Morgan fingerprint density at radius 1 is 1.65 bits per heavy atom. The molecule has 1 aliphatic rings. The SMILES string of the molecule is COc1csc(C(=O)N(C)C2CCCNC2)c1. The molecule has 0 spiro atoms. The Kier molecular flexibility index (Phi) is 4.02. The van der Waals surface area contributed by atoms with Gasteiger partial charge in [0, 0.05) is 31.1 Å². The molecule has 1 unspecified atom stereocenters. The number of likely N-dealkylation sites (N-methyl/N-ethyl adjacent to an activating group) is 1. The van der Waals surface area contributed by atoms with Crippen LogP contribution in [0.3, 0.4) is 0 Å². The number of hydrogen-bond donors (Lipinski definition) is 1. The van der Waals surface area contributed by atoms with E-state index < -0.39 is 0 Å². The van der Waals surface area contributed by atoms with E-state index in [0.717, 1.165) is 36.6 Å². The molecule has 2 rings (SSSR count). The zero-order valence-electron chi connectivity index (χ0n) is 10.2. The number of nitrogens with zero attached hydrogens (tertiary/aromatic N) is 1. The fourth-order valence-electron chi connectivity index (χ4n) is 2.04. The summed E-state index contributed by atoms with van der Waals surface area (Å²) in [5.41, 5.74) is 0. The van der Waals surface area contributed by atoms with Gasteiger partial charge in [0.25, 0.3) is 5.91 Å². The van der Waals surface area contributed by atoms with Gasteiger partial charge in [0.05, 0.1) is 12.0 Å². The molecule has 0 saturated carbocycles. The quantitative estimate of drug-likeness (QED) is 0.890. The van der Waals surface area contributed by atoms with Crippen LogP contribution in [0.1, 0.15) is 22.5 Å². The molecule has 1 aromatic heterocycles. The summed E-state index contributed by atoms with van der Waals surface area (Å²) in [6.07, 6.45) is 2.22. The maximum atomic E-state index is 12.2. The van der Waals surface area contributed by atoms with Crippen molar-refractivity contribution in [1.29, 1.82) is 0 Å². The standard InChI is InChI=1S/C12H18N2O2S/c1-14(9-4-3-5-13-7-9)12(15)11-6-10(16-2)8-17-11/h6,8-9,13H,3-5,7H2,1-2H3. The van der Waals surface area contributed by atoms with Gasteiger partial charge in [0.1, 0.15) is 5.75 Å². The van der Waals surface area contributed by atoms with Crippen LogP contribution in [0.2, 0.25) is 0 Å². The number of rotatable bonds is 3. The molecule has 1 N–H and O–H groups in total. The number of amides is 1. The zero-order valence-corrected chi connectivity index (χ0v) is 11.0. The highest BCUT2D eigenvalue weighted by Crippen LogP contribution is 2.23. The minimum atomic E-state index is 0.0898. The summed E-state index contributed by atoms with van der Waals surface area (Å²) >= 11 is 1.44. The Balaban J connectivity index is 2.02. The number of hydrogen-bond acceptors (Lipinski definition) is 4. The van der Waals surface area contributed by atoms with Crippen LogP contribution in [0.25, 0.3) is 0 Å². The molecule has 0 aromatic carbocycles. The first-order valence-corrected chi connectivity index (χ1v) is 6.70. The summed E-state index contributed by atoms with van der Waals surface area (Å²) in [4.78, 5) is 14.8. The van der Waals surface area contributed by atoms with E-state index in [-0.39, 0.29) is 5.91 Å². The molecular weight excluding hydrogens is 236 g/mol. The summed E-state index contributed by atoms with van der Waals surface area (Å²) in [5.74, 6) is 0.848. The zero-order chi connectivity index (χ0) is 12.3. The lowest BCUT2D eigenvalue weighted by Gasteiger charge is -2.31. The topological polar surface area (TPSA) is 41.6 Å². The highest BCUT2D eigenvalue weighted by atomic mass is 32.1.